The molecular formula is C21H17ClN2O3. The number of anilines is 1. The number of aromatic nitrogens is 1. The molecular weight excluding hydrogens is 364 g/mol. The molecule has 136 valence electrons. The summed E-state index contributed by atoms with van der Waals surface area (Å²) in [6.45, 7) is 0.0458. The van der Waals surface area contributed by atoms with E-state index in [0.717, 1.165) is 11.1 Å². The Bertz CT molecular complexity index is 961. The summed E-state index contributed by atoms with van der Waals surface area (Å²) in [7, 11) is 0. The highest BCUT2D eigenvalue weighted by atomic mass is 35.5. The predicted octanol–water partition coefficient (Wildman–Crippen LogP) is 4.59. The van der Waals surface area contributed by atoms with Crippen LogP contribution in [-0.2, 0) is 11.3 Å². The Morgan fingerprint density at radius 3 is 2.33 bits per heavy atom. The van der Waals surface area contributed by atoms with E-state index in [9.17, 15) is 4.79 Å². The molecule has 1 amide bonds. The van der Waals surface area contributed by atoms with Gasteiger partial charge < -0.3 is 9.84 Å². The molecule has 0 unspecified atom stereocenters. The zero-order valence-corrected chi connectivity index (χ0v) is 15.1. The first-order chi connectivity index (χ1) is 13.2. The van der Waals surface area contributed by atoms with Gasteiger partial charge in [-0.05, 0) is 33.9 Å². The van der Waals surface area contributed by atoms with Crippen molar-refractivity contribution >= 4 is 23.5 Å². The number of rotatable bonds is 4. The van der Waals surface area contributed by atoms with Crippen LogP contribution in [0.25, 0.3) is 11.1 Å². The van der Waals surface area contributed by atoms with E-state index in [0.29, 0.717) is 5.56 Å². The second-order valence-electron chi connectivity index (χ2n) is 6.28. The van der Waals surface area contributed by atoms with Crippen LogP contribution in [0.3, 0.4) is 0 Å². The molecule has 1 aromatic heterocycles. The second-order valence-corrected chi connectivity index (χ2v) is 6.69. The summed E-state index contributed by atoms with van der Waals surface area (Å²) in [6, 6.07) is 17.8. The van der Waals surface area contributed by atoms with Crippen molar-refractivity contribution in [1.82, 2.24) is 4.98 Å². The first-order valence-corrected chi connectivity index (χ1v) is 8.92. The third-order valence-electron chi connectivity index (χ3n) is 4.64. The number of amides is 1. The number of fused-ring (bicyclic) bond motifs is 3. The summed E-state index contributed by atoms with van der Waals surface area (Å²) in [5.41, 5.74) is 5.21. The average Bonchev–Trinajstić information content (AvgIpc) is 3.02. The normalized spacial score (nSPS) is 12.4. The number of pyridine rings is 1. The number of ether oxygens (including phenoxy) is 1. The molecule has 0 atom stereocenters. The third-order valence-corrected chi connectivity index (χ3v) is 4.93. The molecule has 0 saturated heterocycles. The first-order valence-electron chi connectivity index (χ1n) is 8.54. The zero-order valence-electron chi connectivity index (χ0n) is 14.4. The molecule has 5 nitrogen and oxygen atoms in total. The molecule has 0 bridgehead atoms. The quantitative estimate of drug-likeness (QED) is 0.694. The molecule has 0 aliphatic heterocycles. The Morgan fingerprint density at radius 2 is 1.74 bits per heavy atom. The van der Waals surface area contributed by atoms with E-state index in [1.54, 1.807) is 6.07 Å². The van der Waals surface area contributed by atoms with Crippen LogP contribution in [0.5, 0.6) is 0 Å². The maximum absolute atomic E-state index is 12.2. The molecule has 2 N–H and O–H groups in total. The van der Waals surface area contributed by atoms with E-state index in [2.05, 4.69) is 34.6 Å². The molecule has 1 aliphatic carbocycles. The van der Waals surface area contributed by atoms with E-state index in [1.165, 1.54) is 17.3 Å². The van der Waals surface area contributed by atoms with Gasteiger partial charge in [0.05, 0.1) is 11.6 Å². The van der Waals surface area contributed by atoms with Crippen molar-refractivity contribution in [1.29, 1.82) is 0 Å². The fraction of sp³-hybridized carbons (Fsp3) is 0.143. The van der Waals surface area contributed by atoms with Crippen molar-refractivity contribution in [3.05, 3.63) is 82.5 Å². The topological polar surface area (TPSA) is 71.5 Å². The molecule has 1 heterocycles. The van der Waals surface area contributed by atoms with E-state index in [-0.39, 0.29) is 30.0 Å². The lowest BCUT2D eigenvalue weighted by Crippen LogP contribution is -2.18. The Balaban J connectivity index is 1.48. The third kappa shape index (κ3) is 3.39. The smallest absolute Gasteiger partial charge is 0.412 e. The highest BCUT2D eigenvalue weighted by Gasteiger charge is 2.29. The second kappa shape index (κ2) is 7.39. The van der Waals surface area contributed by atoms with Crippen molar-refractivity contribution in [2.24, 2.45) is 0 Å². The fourth-order valence-electron chi connectivity index (χ4n) is 3.39. The van der Waals surface area contributed by atoms with E-state index < -0.39 is 6.09 Å². The summed E-state index contributed by atoms with van der Waals surface area (Å²) >= 11 is 6.07. The number of aliphatic hydroxyl groups is 1. The standard InChI is InChI=1S/C21H17ClN2O3/c22-19-9-13(11-25)10-23-20(19)24-21(26)27-12-18-16-7-3-1-5-14(16)15-6-2-4-8-17(15)18/h1-10,18,25H,11-12H2,(H,23,24,26). The van der Waals surface area contributed by atoms with E-state index >= 15 is 0 Å². The van der Waals surface area contributed by atoms with Gasteiger partial charge in [-0.3, -0.25) is 5.32 Å². The molecule has 2 aromatic carbocycles. The minimum Gasteiger partial charge on any atom is -0.448 e. The van der Waals surface area contributed by atoms with Crippen LogP contribution in [0.4, 0.5) is 10.6 Å². The SMILES string of the molecule is O=C(Nc1ncc(CO)cc1Cl)OCC1c2ccccc2-c2ccccc21. The Hall–Kier alpha value is -2.89. The van der Waals surface area contributed by atoms with Crippen molar-refractivity contribution in [3.8, 4) is 11.1 Å². The van der Waals surface area contributed by atoms with E-state index in [1.807, 2.05) is 24.3 Å². The highest BCUT2D eigenvalue weighted by molar-refractivity contribution is 6.33. The molecule has 27 heavy (non-hydrogen) atoms. The highest BCUT2D eigenvalue weighted by Crippen LogP contribution is 2.44. The molecule has 0 saturated carbocycles. The summed E-state index contributed by atoms with van der Waals surface area (Å²) in [4.78, 5) is 16.3. The van der Waals surface area contributed by atoms with Crippen molar-refractivity contribution in [2.45, 2.75) is 12.5 Å². The van der Waals surface area contributed by atoms with Crippen LogP contribution in [0.2, 0.25) is 5.02 Å². The van der Waals surface area contributed by atoms with Gasteiger partial charge in [0.15, 0.2) is 5.82 Å². The van der Waals surface area contributed by atoms with Gasteiger partial charge in [0.2, 0.25) is 0 Å². The lowest BCUT2D eigenvalue weighted by Gasteiger charge is -2.14. The van der Waals surface area contributed by atoms with Gasteiger partial charge in [0.25, 0.3) is 0 Å². The van der Waals surface area contributed by atoms with Crippen LogP contribution in [-0.4, -0.2) is 22.8 Å². The largest absolute Gasteiger partial charge is 0.448 e. The number of hydrogen-bond acceptors (Lipinski definition) is 4. The van der Waals surface area contributed by atoms with Crippen molar-refractivity contribution < 1.29 is 14.6 Å². The molecule has 0 radical (unpaired) electrons. The lowest BCUT2D eigenvalue weighted by molar-refractivity contribution is 0.158. The number of benzene rings is 2. The monoisotopic (exact) mass is 380 g/mol. The van der Waals surface area contributed by atoms with Gasteiger partial charge in [0.1, 0.15) is 6.61 Å². The average molecular weight is 381 g/mol. The van der Waals surface area contributed by atoms with Crippen LogP contribution in [0.1, 0.15) is 22.6 Å². The minimum absolute atomic E-state index is 0.0108. The summed E-state index contributed by atoms with van der Waals surface area (Å²) in [5, 5.41) is 11.9. The molecule has 6 heteroatoms. The number of nitrogens with one attached hydrogen (secondary N) is 1. The molecule has 3 aromatic rings. The van der Waals surface area contributed by atoms with Gasteiger partial charge >= 0.3 is 6.09 Å². The summed E-state index contributed by atoms with van der Waals surface area (Å²) < 4.78 is 5.46. The minimum atomic E-state index is -0.622. The van der Waals surface area contributed by atoms with Crippen molar-refractivity contribution in [3.63, 3.8) is 0 Å². The maximum atomic E-state index is 12.2. The van der Waals surface area contributed by atoms with Crippen LogP contribution in [0.15, 0.2) is 60.8 Å². The number of halogens is 1. The molecule has 4 rings (SSSR count). The Labute approximate surface area is 161 Å². The summed E-state index contributed by atoms with van der Waals surface area (Å²) in [6.07, 6.45) is 0.827. The van der Waals surface area contributed by atoms with Gasteiger partial charge in [-0.15, -0.1) is 0 Å². The number of hydrogen-bond donors (Lipinski definition) is 2. The maximum Gasteiger partial charge on any atom is 0.412 e. The number of carbonyl (C=O) groups excluding carboxylic acids is 1. The van der Waals surface area contributed by atoms with Crippen LogP contribution < -0.4 is 5.32 Å². The number of aliphatic hydroxyl groups excluding tert-OH is 1. The fourth-order valence-corrected chi connectivity index (χ4v) is 3.62. The molecule has 0 fully saturated rings. The first kappa shape index (κ1) is 17.5. The zero-order chi connectivity index (χ0) is 18.8. The number of nitrogens with zero attached hydrogens (tertiary/aromatic N) is 1. The lowest BCUT2D eigenvalue weighted by atomic mass is 9.98. The van der Waals surface area contributed by atoms with Gasteiger partial charge in [0, 0.05) is 12.1 Å². The Morgan fingerprint density at radius 1 is 1.11 bits per heavy atom. The Kier molecular flexibility index (Phi) is 4.79. The van der Waals surface area contributed by atoms with E-state index in [4.69, 9.17) is 21.4 Å². The molecule has 1 aliphatic rings. The summed E-state index contributed by atoms with van der Waals surface area (Å²) in [5.74, 6) is 0.189. The predicted molar refractivity (Wildman–Crippen MR) is 104 cm³/mol. The van der Waals surface area contributed by atoms with Gasteiger partial charge in [-0.1, -0.05) is 60.1 Å². The number of carbonyl (C=O) groups is 1. The van der Waals surface area contributed by atoms with Gasteiger partial charge in [-0.2, -0.15) is 0 Å². The van der Waals surface area contributed by atoms with Gasteiger partial charge in [-0.25, -0.2) is 9.78 Å². The molecule has 0 spiro atoms. The van der Waals surface area contributed by atoms with Crippen molar-refractivity contribution in [2.75, 3.05) is 11.9 Å². The van der Waals surface area contributed by atoms with Crippen LogP contribution >= 0.6 is 11.6 Å². The van der Waals surface area contributed by atoms with Crippen LogP contribution in [0, 0.1) is 0 Å².